The first-order valence-electron chi connectivity index (χ1n) is 18.3. The molecule has 2 aromatic heterocycles. The van der Waals surface area contributed by atoms with Crippen LogP contribution in [0.5, 0.6) is 0 Å². The maximum Gasteiger partial charge on any atom is 0.227 e. The quantitative estimate of drug-likeness (QED) is 0.173. The van der Waals surface area contributed by atoms with E-state index < -0.39 is 0 Å². The van der Waals surface area contributed by atoms with Gasteiger partial charge in [0.25, 0.3) is 0 Å². The van der Waals surface area contributed by atoms with Gasteiger partial charge in [-0.2, -0.15) is 5.26 Å². The second-order valence-electron chi connectivity index (χ2n) is 13.7. The number of para-hydroxylation sites is 1. The summed E-state index contributed by atoms with van der Waals surface area (Å²) in [6.07, 6.45) is 0. The third-order valence-electron chi connectivity index (χ3n) is 10.3. The van der Waals surface area contributed by atoms with Crippen LogP contribution in [0.2, 0.25) is 0 Å². The van der Waals surface area contributed by atoms with Crippen LogP contribution in [0.1, 0.15) is 5.56 Å². The minimum atomic E-state index is 0.547. The third kappa shape index (κ3) is 5.81. The molecule has 256 valence electrons. The first kappa shape index (κ1) is 32.1. The lowest BCUT2D eigenvalue weighted by molar-refractivity contribution is 0.620. The van der Waals surface area contributed by atoms with Gasteiger partial charge in [-0.15, -0.1) is 0 Å². The zero-order valence-corrected chi connectivity index (χ0v) is 29.6. The Bertz CT molecular complexity index is 3120. The molecule has 10 rings (SSSR count). The number of oxazole rings is 1. The Morgan fingerprint density at radius 2 is 1.13 bits per heavy atom. The highest BCUT2D eigenvalue weighted by atomic mass is 16.3. The van der Waals surface area contributed by atoms with Crippen LogP contribution < -0.4 is 0 Å². The summed E-state index contributed by atoms with van der Waals surface area (Å²) in [6.45, 7) is 0. The maximum absolute atomic E-state index is 9.44. The average molecular weight is 702 g/mol. The summed E-state index contributed by atoms with van der Waals surface area (Å²) in [5.74, 6) is 0.547. The summed E-state index contributed by atoms with van der Waals surface area (Å²) in [5.41, 5.74) is 14.6. The number of hydrogen-bond donors (Lipinski definition) is 0. The van der Waals surface area contributed by atoms with Gasteiger partial charge in [-0.1, -0.05) is 140 Å². The van der Waals surface area contributed by atoms with Crippen molar-refractivity contribution >= 4 is 32.8 Å². The van der Waals surface area contributed by atoms with Gasteiger partial charge < -0.3 is 4.42 Å². The highest BCUT2D eigenvalue weighted by molar-refractivity contribution is 6.07. The van der Waals surface area contributed by atoms with Gasteiger partial charge in [-0.05, 0) is 104 Å². The number of rotatable bonds is 6. The highest BCUT2D eigenvalue weighted by Gasteiger charge is 2.19. The Labute approximate surface area is 318 Å². The fraction of sp³-hybridized carbons (Fsp3) is 0. The van der Waals surface area contributed by atoms with E-state index in [1.807, 2.05) is 48.5 Å². The molecular formula is C51H31N3O. The smallest absolute Gasteiger partial charge is 0.227 e. The van der Waals surface area contributed by atoms with Crippen molar-refractivity contribution < 1.29 is 4.42 Å². The molecule has 2 heterocycles. The van der Waals surface area contributed by atoms with Crippen LogP contribution in [0, 0.1) is 11.3 Å². The fourth-order valence-electron chi connectivity index (χ4n) is 7.72. The molecule has 0 aliphatic carbocycles. The predicted octanol–water partition coefficient (Wildman–Crippen LogP) is 13.4. The van der Waals surface area contributed by atoms with Crippen molar-refractivity contribution in [2.75, 3.05) is 0 Å². The van der Waals surface area contributed by atoms with Crippen LogP contribution in [0.3, 0.4) is 0 Å². The van der Waals surface area contributed by atoms with E-state index >= 15 is 0 Å². The lowest BCUT2D eigenvalue weighted by Gasteiger charge is -2.18. The number of aromatic nitrogens is 2. The van der Waals surface area contributed by atoms with Crippen molar-refractivity contribution in [1.29, 1.82) is 5.26 Å². The van der Waals surface area contributed by atoms with Gasteiger partial charge >= 0.3 is 0 Å². The molecule has 8 aromatic carbocycles. The zero-order valence-electron chi connectivity index (χ0n) is 29.6. The largest absolute Gasteiger partial charge is 0.436 e. The number of benzene rings is 8. The molecule has 0 saturated heterocycles. The Hall–Kier alpha value is -7.61. The van der Waals surface area contributed by atoms with Crippen molar-refractivity contribution in [2.45, 2.75) is 0 Å². The van der Waals surface area contributed by atoms with Crippen LogP contribution in [-0.2, 0) is 0 Å². The minimum Gasteiger partial charge on any atom is -0.436 e. The fourth-order valence-corrected chi connectivity index (χ4v) is 7.72. The van der Waals surface area contributed by atoms with Gasteiger partial charge in [0.2, 0.25) is 5.89 Å². The van der Waals surface area contributed by atoms with Gasteiger partial charge in [0, 0.05) is 16.5 Å². The number of hydrogen-bond acceptors (Lipinski definition) is 4. The van der Waals surface area contributed by atoms with Crippen LogP contribution >= 0.6 is 0 Å². The first-order chi connectivity index (χ1) is 27.2. The van der Waals surface area contributed by atoms with Gasteiger partial charge in [-0.3, -0.25) is 0 Å². The van der Waals surface area contributed by atoms with E-state index in [-0.39, 0.29) is 0 Å². The normalized spacial score (nSPS) is 11.3. The summed E-state index contributed by atoms with van der Waals surface area (Å²) in [6, 6.07) is 67.0. The van der Waals surface area contributed by atoms with Gasteiger partial charge in [-0.25, -0.2) is 9.97 Å². The Morgan fingerprint density at radius 3 is 2.00 bits per heavy atom. The van der Waals surface area contributed by atoms with E-state index in [1.54, 1.807) is 0 Å². The summed E-state index contributed by atoms with van der Waals surface area (Å²) in [4.78, 5) is 10.3. The molecule has 55 heavy (non-hydrogen) atoms. The number of fused-ring (bicyclic) bond motifs is 3. The predicted molar refractivity (Wildman–Crippen MR) is 224 cm³/mol. The topological polar surface area (TPSA) is 62.7 Å². The minimum absolute atomic E-state index is 0.547. The molecule has 0 atom stereocenters. The number of nitrogens with zero attached hydrogens (tertiary/aromatic N) is 3. The lowest BCUT2D eigenvalue weighted by atomic mass is 9.87. The van der Waals surface area contributed by atoms with Crippen LogP contribution in [0.4, 0.5) is 0 Å². The van der Waals surface area contributed by atoms with E-state index in [0.29, 0.717) is 17.0 Å². The molecule has 10 aromatic rings. The third-order valence-corrected chi connectivity index (χ3v) is 10.3. The molecule has 4 heteroatoms. The molecular weight excluding hydrogens is 671 g/mol. The first-order valence-corrected chi connectivity index (χ1v) is 18.3. The molecule has 0 aliphatic heterocycles. The zero-order chi connectivity index (χ0) is 36.7. The molecule has 0 aliphatic rings. The molecule has 0 fully saturated rings. The molecule has 4 nitrogen and oxygen atoms in total. The van der Waals surface area contributed by atoms with E-state index in [1.165, 1.54) is 0 Å². The monoisotopic (exact) mass is 701 g/mol. The van der Waals surface area contributed by atoms with Crippen molar-refractivity contribution in [1.82, 2.24) is 9.97 Å². The van der Waals surface area contributed by atoms with Crippen molar-refractivity contribution in [2.24, 2.45) is 0 Å². The Morgan fingerprint density at radius 1 is 0.418 bits per heavy atom. The molecule has 0 radical (unpaired) electrons. The number of pyridine rings is 1. The molecule has 0 bridgehead atoms. The van der Waals surface area contributed by atoms with Crippen LogP contribution in [-0.4, -0.2) is 9.97 Å². The summed E-state index contributed by atoms with van der Waals surface area (Å²) in [5, 5.41) is 12.9. The standard InChI is InChI=1S/C51H31N3O/c52-32-33-12-10-16-36(28-33)37-17-11-18-39(29-37)51-54-48-30-38(25-27-49(48)55-51)50-40-19-5-4-15-35(40)24-26-44(50)41-20-6-7-21-42(41)47-31-45(34-13-2-1-3-14-34)43-22-8-9-23-46(43)53-47/h1-31H. The number of nitriles is 1. The highest BCUT2D eigenvalue weighted by Crippen LogP contribution is 2.44. The van der Waals surface area contributed by atoms with Gasteiger partial charge in [0.1, 0.15) is 5.52 Å². The second-order valence-corrected chi connectivity index (χ2v) is 13.7. The van der Waals surface area contributed by atoms with Gasteiger partial charge in [0.05, 0.1) is 22.8 Å². The van der Waals surface area contributed by atoms with Crippen molar-refractivity contribution in [3.05, 3.63) is 194 Å². The van der Waals surface area contributed by atoms with E-state index in [0.717, 1.165) is 88.5 Å². The summed E-state index contributed by atoms with van der Waals surface area (Å²) < 4.78 is 6.37. The van der Waals surface area contributed by atoms with Crippen molar-refractivity contribution in [3.8, 4) is 73.3 Å². The van der Waals surface area contributed by atoms with E-state index in [4.69, 9.17) is 14.4 Å². The van der Waals surface area contributed by atoms with Crippen LogP contribution in [0.25, 0.3) is 100.0 Å². The molecule has 0 N–H and O–H groups in total. The van der Waals surface area contributed by atoms with E-state index in [9.17, 15) is 5.26 Å². The molecule has 0 spiro atoms. The molecule has 0 saturated carbocycles. The summed E-state index contributed by atoms with van der Waals surface area (Å²) in [7, 11) is 0. The summed E-state index contributed by atoms with van der Waals surface area (Å²) >= 11 is 0. The SMILES string of the molecule is N#Cc1cccc(-c2cccc(-c3nc4cc(-c5c(-c6ccccc6-c6cc(-c7ccccc7)c7ccccc7n6)ccc6ccccc56)ccc4o3)c2)c1. The maximum atomic E-state index is 9.44. The van der Waals surface area contributed by atoms with E-state index in [2.05, 4.69) is 146 Å². The second kappa shape index (κ2) is 13.4. The van der Waals surface area contributed by atoms with Crippen LogP contribution in [0.15, 0.2) is 192 Å². The average Bonchev–Trinajstić information content (AvgIpc) is 3.70. The Kier molecular flexibility index (Phi) is 7.83. The molecule has 0 unspecified atom stereocenters. The molecule has 0 amide bonds. The lowest BCUT2D eigenvalue weighted by Crippen LogP contribution is -1.94. The van der Waals surface area contributed by atoms with Crippen molar-refractivity contribution in [3.63, 3.8) is 0 Å². The van der Waals surface area contributed by atoms with Gasteiger partial charge in [0.15, 0.2) is 5.58 Å². The Balaban J connectivity index is 1.12.